The fourth-order valence-corrected chi connectivity index (χ4v) is 2.68. The summed E-state index contributed by atoms with van der Waals surface area (Å²) in [5.74, 6) is -0.286. The number of nitrogens with zero attached hydrogens (tertiary/aromatic N) is 2. The first-order valence-corrected chi connectivity index (χ1v) is 9.65. The van der Waals surface area contributed by atoms with Gasteiger partial charge in [0.1, 0.15) is 5.60 Å². The Morgan fingerprint density at radius 1 is 1.21 bits per heavy atom. The Labute approximate surface area is 166 Å². The van der Waals surface area contributed by atoms with Gasteiger partial charge in [0.25, 0.3) is 5.91 Å². The van der Waals surface area contributed by atoms with Gasteiger partial charge < -0.3 is 15.0 Å². The Hall–Kier alpha value is -2.83. The molecule has 2 N–H and O–H groups in total. The van der Waals surface area contributed by atoms with Gasteiger partial charge in [-0.2, -0.15) is 5.10 Å². The molecule has 2 amide bonds. The van der Waals surface area contributed by atoms with Gasteiger partial charge in [0.2, 0.25) is 0 Å². The normalized spacial score (nSPS) is 11.2. The lowest BCUT2D eigenvalue weighted by Gasteiger charge is -2.27. The second-order valence-electron chi connectivity index (χ2n) is 7.63. The number of carbonyl (C=O) groups excluding carboxylic acids is 2. The Kier molecular flexibility index (Phi) is 7.20. The van der Waals surface area contributed by atoms with Crippen LogP contribution >= 0.6 is 0 Å². The molecule has 2 rings (SSSR count). The number of aryl methyl sites for hydroxylation is 1. The summed E-state index contributed by atoms with van der Waals surface area (Å²) in [5.41, 5.74) is 2.19. The van der Waals surface area contributed by atoms with Gasteiger partial charge in [-0.25, -0.2) is 4.79 Å². The molecule has 0 radical (unpaired) electrons. The van der Waals surface area contributed by atoms with Gasteiger partial charge in [-0.1, -0.05) is 31.5 Å². The van der Waals surface area contributed by atoms with E-state index in [1.165, 1.54) is 0 Å². The number of hydrogen-bond acceptors (Lipinski definition) is 4. The molecular weight excluding hydrogens is 356 g/mol. The number of amides is 2. The van der Waals surface area contributed by atoms with Gasteiger partial charge in [-0.15, -0.1) is 0 Å². The molecule has 0 unspecified atom stereocenters. The number of anilines is 1. The quantitative estimate of drug-likeness (QED) is 0.739. The van der Waals surface area contributed by atoms with Crippen molar-refractivity contribution in [2.75, 3.05) is 11.9 Å². The van der Waals surface area contributed by atoms with Gasteiger partial charge in [0, 0.05) is 17.9 Å². The second-order valence-corrected chi connectivity index (χ2v) is 7.63. The third-order valence-corrected chi connectivity index (χ3v) is 4.04. The highest BCUT2D eigenvalue weighted by molar-refractivity contribution is 6.03. The van der Waals surface area contributed by atoms with Crippen LogP contribution in [0.2, 0.25) is 0 Å². The molecule has 0 bridgehead atoms. The molecule has 0 aliphatic carbocycles. The van der Waals surface area contributed by atoms with E-state index in [1.807, 2.05) is 52.0 Å². The molecule has 1 aromatic heterocycles. The van der Waals surface area contributed by atoms with Crippen molar-refractivity contribution in [1.82, 2.24) is 15.1 Å². The first-order chi connectivity index (χ1) is 13.2. The molecule has 2 aromatic rings. The SMILES string of the molecule is CCCc1cc(C(=O)Nc2ccccc2CN(CC)C(=O)OC(C)(C)C)n[nH]1. The summed E-state index contributed by atoms with van der Waals surface area (Å²) in [6.45, 7) is 10.3. The average molecular weight is 386 g/mol. The van der Waals surface area contributed by atoms with Gasteiger partial charge in [-0.3, -0.25) is 9.89 Å². The fraction of sp³-hybridized carbons (Fsp3) is 0.476. The molecular formula is C21H30N4O3. The van der Waals surface area contributed by atoms with Crippen LogP contribution in [0.5, 0.6) is 0 Å². The van der Waals surface area contributed by atoms with E-state index in [2.05, 4.69) is 22.4 Å². The van der Waals surface area contributed by atoms with Crippen molar-refractivity contribution >= 4 is 17.7 Å². The zero-order valence-electron chi connectivity index (χ0n) is 17.3. The standard InChI is InChI=1S/C21H30N4O3/c1-6-10-16-13-18(24-23-16)19(26)22-17-12-9-8-11-15(17)14-25(7-2)20(27)28-21(3,4)5/h8-9,11-13H,6-7,10,14H2,1-5H3,(H,22,26)(H,23,24). The molecule has 0 atom stereocenters. The third kappa shape index (κ3) is 6.11. The van der Waals surface area contributed by atoms with Crippen molar-refractivity contribution in [2.24, 2.45) is 0 Å². The largest absolute Gasteiger partial charge is 0.444 e. The van der Waals surface area contributed by atoms with Crippen molar-refractivity contribution in [3.8, 4) is 0 Å². The van der Waals surface area contributed by atoms with E-state index in [9.17, 15) is 9.59 Å². The third-order valence-electron chi connectivity index (χ3n) is 4.04. The van der Waals surface area contributed by atoms with E-state index in [0.717, 1.165) is 24.1 Å². The molecule has 28 heavy (non-hydrogen) atoms. The maximum atomic E-state index is 12.6. The monoisotopic (exact) mass is 386 g/mol. The summed E-state index contributed by atoms with van der Waals surface area (Å²) in [6, 6.07) is 9.18. The van der Waals surface area contributed by atoms with Crippen LogP contribution in [0.25, 0.3) is 0 Å². The highest BCUT2D eigenvalue weighted by Crippen LogP contribution is 2.20. The number of hydrogen-bond donors (Lipinski definition) is 2. The molecule has 1 heterocycles. The van der Waals surface area contributed by atoms with E-state index in [0.29, 0.717) is 24.5 Å². The molecule has 1 aromatic carbocycles. The maximum Gasteiger partial charge on any atom is 0.410 e. The number of aromatic amines is 1. The first kappa shape index (κ1) is 21.5. The summed E-state index contributed by atoms with van der Waals surface area (Å²) < 4.78 is 5.46. The Morgan fingerprint density at radius 3 is 2.57 bits per heavy atom. The number of carbonyl (C=O) groups is 2. The van der Waals surface area contributed by atoms with Gasteiger partial charge in [0.15, 0.2) is 5.69 Å². The summed E-state index contributed by atoms with van der Waals surface area (Å²) in [7, 11) is 0. The predicted octanol–water partition coefficient (Wildman–Crippen LogP) is 4.37. The number of nitrogens with one attached hydrogen (secondary N) is 2. The smallest absolute Gasteiger partial charge is 0.410 e. The summed E-state index contributed by atoms with van der Waals surface area (Å²) in [5, 5.41) is 9.87. The molecule has 0 aliphatic heterocycles. The van der Waals surface area contributed by atoms with Crippen LogP contribution in [0.1, 0.15) is 62.8 Å². The lowest BCUT2D eigenvalue weighted by atomic mass is 10.1. The maximum absolute atomic E-state index is 12.6. The van der Waals surface area contributed by atoms with Crippen LogP contribution in [0, 0.1) is 0 Å². The molecule has 0 spiro atoms. The summed E-state index contributed by atoms with van der Waals surface area (Å²) in [6.07, 6.45) is 1.44. The summed E-state index contributed by atoms with van der Waals surface area (Å²) in [4.78, 5) is 26.6. The Morgan fingerprint density at radius 2 is 1.93 bits per heavy atom. The number of H-pyrrole nitrogens is 1. The number of para-hydroxylation sites is 1. The summed E-state index contributed by atoms with van der Waals surface area (Å²) >= 11 is 0. The predicted molar refractivity (Wildman–Crippen MR) is 109 cm³/mol. The van der Waals surface area contributed by atoms with Crippen molar-refractivity contribution < 1.29 is 14.3 Å². The lowest BCUT2D eigenvalue weighted by molar-refractivity contribution is 0.0245. The minimum absolute atomic E-state index is 0.286. The molecule has 0 fully saturated rings. The number of rotatable bonds is 7. The fourth-order valence-electron chi connectivity index (χ4n) is 2.68. The van der Waals surface area contributed by atoms with Gasteiger partial charge >= 0.3 is 6.09 Å². The Balaban J connectivity index is 2.12. The van der Waals surface area contributed by atoms with E-state index in [1.54, 1.807) is 11.0 Å². The van der Waals surface area contributed by atoms with Crippen LogP contribution in [-0.4, -0.2) is 39.2 Å². The van der Waals surface area contributed by atoms with E-state index >= 15 is 0 Å². The minimum Gasteiger partial charge on any atom is -0.444 e. The first-order valence-electron chi connectivity index (χ1n) is 9.65. The number of benzene rings is 1. The van der Waals surface area contributed by atoms with E-state index < -0.39 is 5.60 Å². The van der Waals surface area contributed by atoms with Crippen LogP contribution in [0.4, 0.5) is 10.5 Å². The zero-order chi connectivity index (χ0) is 20.7. The molecule has 0 aliphatic rings. The molecule has 0 saturated carbocycles. The highest BCUT2D eigenvalue weighted by Gasteiger charge is 2.22. The van der Waals surface area contributed by atoms with Crippen LogP contribution in [0.15, 0.2) is 30.3 Å². The van der Waals surface area contributed by atoms with E-state index in [-0.39, 0.29) is 12.0 Å². The average Bonchev–Trinajstić information content (AvgIpc) is 3.08. The van der Waals surface area contributed by atoms with Gasteiger partial charge in [-0.05, 0) is 51.8 Å². The molecule has 152 valence electrons. The Bertz CT molecular complexity index is 808. The highest BCUT2D eigenvalue weighted by atomic mass is 16.6. The number of ether oxygens (including phenoxy) is 1. The van der Waals surface area contributed by atoms with Crippen molar-refractivity contribution in [2.45, 2.75) is 59.6 Å². The van der Waals surface area contributed by atoms with Gasteiger partial charge in [0.05, 0.1) is 6.54 Å². The minimum atomic E-state index is -0.561. The van der Waals surface area contributed by atoms with Crippen molar-refractivity contribution in [3.05, 3.63) is 47.3 Å². The molecule has 7 heteroatoms. The van der Waals surface area contributed by atoms with Crippen LogP contribution < -0.4 is 5.32 Å². The van der Waals surface area contributed by atoms with Crippen molar-refractivity contribution in [3.63, 3.8) is 0 Å². The molecule has 7 nitrogen and oxygen atoms in total. The second kappa shape index (κ2) is 9.39. The molecule has 0 saturated heterocycles. The lowest BCUT2D eigenvalue weighted by Crippen LogP contribution is -2.36. The number of aromatic nitrogens is 2. The van der Waals surface area contributed by atoms with Crippen LogP contribution in [-0.2, 0) is 17.7 Å². The van der Waals surface area contributed by atoms with Crippen molar-refractivity contribution in [1.29, 1.82) is 0 Å². The topological polar surface area (TPSA) is 87.3 Å². The van der Waals surface area contributed by atoms with E-state index in [4.69, 9.17) is 4.74 Å². The van der Waals surface area contributed by atoms with Crippen LogP contribution in [0.3, 0.4) is 0 Å². The zero-order valence-corrected chi connectivity index (χ0v) is 17.3.